The van der Waals surface area contributed by atoms with E-state index in [1.54, 1.807) is 14.0 Å². The van der Waals surface area contributed by atoms with E-state index in [-0.39, 0.29) is 11.6 Å². The van der Waals surface area contributed by atoms with Gasteiger partial charge in [-0.15, -0.1) is 0 Å². The summed E-state index contributed by atoms with van der Waals surface area (Å²) in [5, 5.41) is 18.3. The Hall–Kier alpha value is -2.90. The Kier molecular flexibility index (Phi) is 3.73. The molecular weight excluding hydrogens is 298 g/mol. The highest BCUT2D eigenvalue weighted by atomic mass is 16.6. The molecule has 120 valence electrons. The Labute approximate surface area is 132 Å². The molecule has 8 nitrogen and oxygen atoms in total. The Morgan fingerprint density at radius 1 is 1.43 bits per heavy atom. The van der Waals surface area contributed by atoms with Crippen molar-refractivity contribution in [2.45, 2.75) is 19.8 Å². The highest BCUT2D eigenvalue weighted by molar-refractivity contribution is 5.72. The molecule has 0 bridgehead atoms. The first-order valence-corrected chi connectivity index (χ1v) is 7.24. The highest BCUT2D eigenvalue weighted by Crippen LogP contribution is 2.28. The zero-order chi connectivity index (χ0) is 16.6. The van der Waals surface area contributed by atoms with Crippen molar-refractivity contribution < 1.29 is 9.34 Å². The average molecular weight is 315 g/mol. The quantitative estimate of drug-likeness (QED) is 0.574. The van der Waals surface area contributed by atoms with Gasteiger partial charge in [0.2, 0.25) is 5.82 Å². The van der Waals surface area contributed by atoms with Crippen LogP contribution in [-0.2, 0) is 7.05 Å². The number of aryl methyl sites for hydroxylation is 2. The first-order valence-electron chi connectivity index (χ1n) is 7.24. The van der Waals surface area contributed by atoms with Crippen molar-refractivity contribution in [2.75, 3.05) is 11.9 Å². The van der Waals surface area contributed by atoms with Crippen LogP contribution >= 0.6 is 0 Å². The maximum Gasteiger partial charge on any atom is 0.333 e. The fourth-order valence-electron chi connectivity index (χ4n) is 2.50. The van der Waals surface area contributed by atoms with Crippen LogP contribution in [-0.4, -0.2) is 26.2 Å². The van der Waals surface area contributed by atoms with Crippen LogP contribution in [0.25, 0.3) is 11.1 Å². The second-order valence-corrected chi connectivity index (χ2v) is 5.47. The predicted molar refractivity (Wildman–Crippen MR) is 85.5 cm³/mol. The van der Waals surface area contributed by atoms with Gasteiger partial charge in [-0.3, -0.25) is 10.1 Å². The molecule has 23 heavy (non-hydrogen) atoms. The Bertz CT molecular complexity index is 834. The molecule has 1 atom stereocenters. The zero-order valence-electron chi connectivity index (χ0n) is 13.1. The van der Waals surface area contributed by atoms with E-state index in [0.717, 1.165) is 11.1 Å². The topological polar surface area (TPSA) is 99.0 Å². The van der Waals surface area contributed by atoms with Crippen LogP contribution < -0.4 is 5.32 Å². The fraction of sp³-hybridized carbons (Fsp3) is 0.333. The van der Waals surface area contributed by atoms with Gasteiger partial charge in [-0.1, -0.05) is 19.1 Å². The van der Waals surface area contributed by atoms with Crippen molar-refractivity contribution in [1.82, 2.24) is 14.8 Å². The second kappa shape index (κ2) is 5.71. The van der Waals surface area contributed by atoms with E-state index in [0.29, 0.717) is 23.9 Å². The van der Waals surface area contributed by atoms with Crippen molar-refractivity contribution >= 4 is 22.6 Å². The third-order valence-corrected chi connectivity index (χ3v) is 3.68. The molecule has 3 aromatic rings. The number of nitrogens with one attached hydrogen (secondary N) is 1. The van der Waals surface area contributed by atoms with Crippen molar-refractivity contribution in [3.8, 4) is 0 Å². The van der Waals surface area contributed by atoms with E-state index in [1.165, 1.54) is 4.68 Å². The number of rotatable bonds is 5. The zero-order valence-corrected chi connectivity index (χ0v) is 13.1. The molecule has 0 saturated heterocycles. The normalized spacial score (nSPS) is 12.5. The molecule has 0 fully saturated rings. The molecule has 0 unspecified atom stereocenters. The van der Waals surface area contributed by atoms with E-state index in [9.17, 15) is 10.1 Å². The highest BCUT2D eigenvalue weighted by Gasteiger charge is 2.24. The maximum absolute atomic E-state index is 11.2. The number of fused-ring (bicyclic) bond motifs is 1. The Morgan fingerprint density at radius 3 is 2.87 bits per heavy atom. The smallest absolute Gasteiger partial charge is 0.333 e. The summed E-state index contributed by atoms with van der Waals surface area (Å²) in [7, 11) is 1.67. The lowest BCUT2D eigenvalue weighted by Crippen LogP contribution is -2.13. The molecule has 2 heterocycles. The van der Waals surface area contributed by atoms with E-state index < -0.39 is 4.92 Å². The second-order valence-electron chi connectivity index (χ2n) is 5.47. The summed E-state index contributed by atoms with van der Waals surface area (Å²) < 4.78 is 7.20. The molecular formula is C15H17N5O3. The summed E-state index contributed by atoms with van der Waals surface area (Å²) in [6.45, 7) is 4.02. The molecule has 0 saturated carbocycles. The van der Waals surface area contributed by atoms with E-state index in [1.807, 2.05) is 31.2 Å². The number of nitrogens with zero attached hydrogens (tertiary/aromatic N) is 4. The minimum absolute atomic E-state index is 0.00253. The molecule has 0 radical (unpaired) electrons. The van der Waals surface area contributed by atoms with E-state index >= 15 is 0 Å². The minimum atomic E-state index is -0.422. The summed E-state index contributed by atoms with van der Waals surface area (Å²) in [6.07, 6.45) is 0. The summed E-state index contributed by atoms with van der Waals surface area (Å²) >= 11 is 0. The van der Waals surface area contributed by atoms with Gasteiger partial charge in [-0.2, -0.15) is 5.10 Å². The SMILES string of the molecule is Cc1nn(C)c(NC[C@H](C)c2nc3ccccc3o2)c1[N+](=O)[O-]. The van der Waals surface area contributed by atoms with Gasteiger partial charge >= 0.3 is 5.69 Å². The summed E-state index contributed by atoms with van der Waals surface area (Å²) in [4.78, 5) is 15.2. The molecule has 3 rings (SSSR count). The molecule has 8 heteroatoms. The van der Waals surface area contributed by atoms with Gasteiger partial charge in [0.15, 0.2) is 11.5 Å². The van der Waals surface area contributed by atoms with Crippen LogP contribution in [0.5, 0.6) is 0 Å². The molecule has 1 N–H and O–H groups in total. The number of para-hydroxylation sites is 2. The summed E-state index contributed by atoms with van der Waals surface area (Å²) in [5.41, 5.74) is 1.92. The maximum atomic E-state index is 11.2. The number of aromatic nitrogens is 3. The first kappa shape index (κ1) is 15.0. The predicted octanol–water partition coefficient (Wildman–Crippen LogP) is 2.99. The van der Waals surface area contributed by atoms with Crippen molar-refractivity contribution in [1.29, 1.82) is 0 Å². The van der Waals surface area contributed by atoms with Crippen LogP contribution in [0.1, 0.15) is 24.4 Å². The molecule has 2 aromatic heterocycles. The monoisotopic (exact) mass is 315 g/mol. The summed E-state index contributed by atoms with van der Waals surface area (Å²) in [6, 6.07) is 7.54. The van der Waals surface area contributed by atoms with Gasteiger partial charge in [0, 0.05) is 13.6 Å². The molecule has 0 spiro atoms. The van der Waals surface area contributed by atoms with Crippen molar-refractivity contribution in [3.63, 3.8) is 0 Å². The van der Waals surface area contributed by atoms with Crippen molar-refractivity contribution in [3.05, 3.63) is 46.0 Å². The minimum Gasteiger partial charge on any atom is -0.440 e. The van der Waals surface area contributed by atoms with Crippen LogP contribution in [0.15, 0.2) is 28.7 Å². The lowest BCUT2D eigenvalue weighted by molar-refractivity contribution is -0.384. The average Bonchev–Trinajstić information content (AvgIpc) is 3.05. The third kappa shape index (κ3) is 2.75. The van der Waals surface area contributed by atoms with Crippen LogP contribution in [0.4, 0.5) is 11.5 Å². The van der Waals surface area contributed by atoms with E-state index in [4.69, 9.17) is 4.42 Å². The molecule has 0 aliphatic carbocycles. The number of oxazole rings is 1. The molecule has 1 aromatic carbocycles. The summed E-state index contributed by atoms with van der Waals surface area (Å²) in [5.74, 6) is 0.938. The molecule has 0 aliphatic heterocycles. The molecule has 0 aliphatic rings. The standard InChI is InChI=1S/C15H17N5O3/c1-9(15-17-11-6-4-5-7-12(11)23-15)8-16-14-13(20(21)22)10(2)18-19(14)3/h4-7,9,16H,8H2,1-3H3/t9-/m0/s1. The van der Waals surface area contributed by atoms with Gasteiger partial charge in [0.1, 0.15) is 11.2 Å². The Morgan fingerprint density at radius 2 is 2.17 bits per heavy atom. The van der Waals surface area contributed by atoms with E-state index in [2.05, 4.69) is 15.4 Å². The van der Waals surface area contributed by atoms with Crippen molar-refractivity contribution in [2.24, 2.45) is 7.05 Å². The van der Waals surface area contributed by atoms with Gasteiger partial charge in [0.05, 0.1) is 10.8 Å². The molecule has 0 amide bonds. The van der Waals surface area contributed by atoms with Gasteiger partial charge in [0.25, 0.3) is 0 Å². The lowest BCUT2D eigenvalue weighted by Gasteiger charge is -2.10. The number of hydrogen-bond acceptors (Lipinski definition) is 6. The van der Waals surface area contributed by atoms with Gasteiger partial charge < -0.3 is 9.73 Å². The third-order valence-electron chi connectivity index (χ3n) is 3.68. The van der Waals surface area contributed by atoms with Gasteiger partial charge in [-0.05, 0) is 19.1 Å². The largest absolute Gasteiger partial charge is 0.440 e. The number of nitro groups is 1. The van der Waals surface area contributed by atoms with Crippen LogP contribution in [0, 0.1) is 17.0 Å². The van der Waals surface area contributed by atoms with Crippen LogP contribution in [0.3, 0.4) is 0 Å². The van der Waals surface area contributed by atoms with Crippen LogP contribution in [0.2, 0.25) is 0 Å². The number of benzene rings is 1. The number of anilines is 1. The van der Waals surface area contributed by atoms with Gasteiger partial charge in [-0.25, -0.2) is 9.67 Å². The fourth-order valence-corrected chi connectivity index (χ4v) is 2.50. The first-order chi connectivity index (χ1) is 11.0. The number of hydrogen-bond donors (Lipinski definition) is 1. The lowest BCUT2D eigenvalue weighted by atomic mass is 10.2. The Balaban J connectivity index is 1.79.